The third kappa shape index (κ3) is 5.20. The molecule has 0 unspecified atom stereocenters. The van der Waals surface area contributed by atoms with Crippen molar-refractivity contribution < 1.29 is 18.3 Å². The van der Waals surface area contributed by atoms with Gasteiger partial charge < -0.3 is 10.1 Å². The van der Waals surface area contributed by atoms with Gasteiger partial charge in [0.25, 0.3) is 0 Å². The number of rotatable bonds is 7. The van der Waals surface area contributed by atoms with E-state index in [4.69, 9.17) is 4.74 Å². The van der Waals surface area contributed by atoms with Gasteiger partial charge in [-0.3, -0.25) is 9.36 Å². The van der Waals surface area contributed by atoms with Crippen LogP contribution >= 0.6 is 11.8 Å². The minimum Gasteiger partial charge on any atom is -0.497 e. The quantitative estimate of drug-likeness (QED) is 0.376. The number of aromatic nitrogens is 3. The molecule has 0 radical (unpaired) electrons. The predicted octanol–water partition coefficient (Wildman–Crippen LogP) is 5.26. The van der Waals surface area contributed by atoms with Gasteiger partial charge in [-0.2, -0.15) is 0 Å². The normalized spacial score (nSPS) is 10.8. The number of benzene rings is 3. The van der Waals surface area contributed by atoms with Crippen LogP contribution in [0.3, 0.4) is 0 Å². The number of ether oxygens (including phenoxy) is 1. The zero-order valence-electron chi connectivity index (χ0n) is 17.9. The molecule has 168 valence electrons. The highest BCUT2D eigenvalue weighted by molar-refractivity contribution is 7.99. The summed E-state index contributed by atoms with van der Waals surface area (Å²) in [5, 5.41) is 11.7. The lowest BCUT2D eigenvalue weighted by Crippen LogP contribution is -2.15. The number of hydrogen-bond donors (Lipinski definition) is 1. The molecule has 1 N–H and O–H groups in total. The third-order valence-electron chi connectivity index (χ3n) is 4.81. The number of nitrogens with zero attached hydrogens (tertiary/aromatic N) is 3. The van der Waals surface area contributed by atoms with E-state index in [0.717, 1.165) is 28.9 Å². The largest absolute Gasteiger partial charge is 0.497 e. The minimum absolute atomic E-state index is 0.00117. The summed E-state index contributed by atoms with van der Waals surface area (Å²) < 4.78 is 33.6. The van der Waals surface area contributed by atoms with Crippen molar-refractivity contribution in [1.29, 1.82) is 0 Å². The summed E-state index contributed by atoms with van der Waals surface area (Å²) >= 11 is 1.18. The van der Waals surface area contributed by atoms with Gasteiger partial charge in [0.05, 0.1) is 12.9 Å². The van der Waals surface area contributed by atoms with E-state index in [1.807, 2.05) is 60.0 Å². The first-order chi connectivity index (χ1) is 15.9. The van der Waals surface area contributed by atoms with Gasteiger partial charge in [-0.15, -0.1) is 10.2 Å². The van der Waals surface area contributed by atoms with Gasteiger partial charge in [0.2, 0.25) is 5.91 Å². The molecule has 0 bridgehead atoms. The van der Waals surface area contributed by atoms with E-state index in [-0.39, 0.29) is 17.3 Å². The maximum atomic E-state index is 13.4. The molecule has 0 saturated carbocycles. The number of amides is 1. The van der Waals surface area contributed by atoms with Gasteiger partial charge in [0.15, 0.2) is 22.6 Å². The highest BCUT2D eigenvalue weighted by atomic mass is 32.2. The van der Waals surface area contributed by atoms with Crippen LogP contribution < -0.4 is 10.1 Å². The molecule has 1 heterocycles. The molecule has 0 atom stereocenters. The monoisotopic (exact) mass is 466 g/mol. The number of aryl methyl sites for hydroxylation is 1. The fraction of sp³-hybridized carbons (Fsp3) is 0.125. The summed E-state index contributed by atoms with van der Waals surface area (Å²) in [6.07, 6.45) is 0. The van der Waals surface area contributed by atoms with E-state index in [1.165, 1.54) is 17.8 Å². The predicted molar refractivity (Wildman–Crippen MR) is 124 cm³/mol. The second kappa shape index (κ2) is 9.83. The van der Waals surface area contributed by atoms with Gasteiger partial charge in [-0.1, -0.05) is 41.6 Å². The molecule has 6 nitrogen and oxygen atoms in total. The van der Waals surface area contributed by atoms with Crippen molar-refractivity contribution in [2.24, 2.45) is 0 Å². The van der Waals surface area contributed by atoms with E-state index in [2.05, 4.69) is 15.5 Å². The number of halogens is 2. The smallest absolute Gasteiger partial charge is 0.234 e. The Hall–Kier alpha value is -3.72. The van der Waals surface area contributed by atoms with Crippen LogP contribution in [0.15, 0.2) is 71.9 Å². The van der Waals surface area contributed by atoms with Crippen LogP contribution in [0.25, 0.3) is 17.1 Å². The van der Waals surface area contributed by atoms with E-state index in [1.54, 1.807) is 7.11 Å². The number of hydrogen-bond acceptors (Lipinski definition) is 5. The van der Waals surface area contributed by atoms with Gasteiger partial charge in [0, 0.05) is 23.0 Å². The summed E-state index contributed by atoms with van der Waals surface area (Å²) in [4.78, 5) is 12.4. The van der Waals surface area contributed by atoms with Crippen LogP contribution in [-0.4, -0.2) is 33.5 Å². The van der Waals surface area contributed by atoms with Crippen molar-refractivity contribution >= 4 is 23.4 Å². The van der Waals surface area contributed by atoms with Crippen molar-refractivity contribution in [1.82, 2.24) is 14.8 Å². The summed E-state index contributed by atoms with van der Waals surface area (Å²) in [5.41, 5.74) is 2.98. The minimum atomic E-state index is -1.03. The Kier molecular flexibility index (Phi) is 6.69. The van der Waals surface area contributed by atoms with Gasteiger partial charge in [0.1, 0.15) is 5.75 Å². The van der Waals surface area contributed by atoms with Crippen LogP contribution in [0.1, 0.15) is 5.56 Å². The Morgan fingerprint density at radius 1 is 1.00 bits per heavy atom. The fourth-order valence-electron chi connectivity index (χ4n) is 3.12. The fourth-order valence-corrected chi connectivity index (χ4v) is 3.87. The summed E-state index contributed by atoms with van der Waals surface area (Å²) in [6, 6.07) is 18.5. The molecular weight excluding hydrogens is 446 g/mol. The van der Waals surface area contributed by atoms with Crippen LogP contribution in [0.5, 0.6) is 5.75 Å². The molecule has 1 aromatic heterocycles. The number of carbonyl (C=O) groups is 1. The lowest BCUT2D eigenvalue weighted by Gasteiger charge is -2.11. The van der Waals surface area contributed by atoms with E-state index in [0.29, 0.717) is 16.7 Å². The second-order valence-corrected chi connectivity index (χ2v) is 8.11. The molecule has 33 heavy (non-hydrogen) atoms. The Balaban J connectivity index is 1.59. The lowest BCUT2D eigenvalue weighted by molar-refractivity contribution is -0.113. The Morgan fingerprint density at radius 3 is 2.39 bits per heavy atom. The zero-order chi connectivity index (χ0) is 23.4. The van der Waals surface area contributed by atoms with Crippen LogP contribution in [-0.2, 0) is 4.79 Å². The average molecular weight is 467 g/mol. The molecule has 0 aliphatic carbocycles. The molecule has 9 heteroatoms. The second-order valence-electron chi connectivity index (χ2n) is 7.17. The molecule has 0 fully saturated rings. The van der Waals surface area contributed by atoms with Crippen LogP contribution in [0, 0.1) is 18.6 Å². The van der Waals surface area contributed by atoms with E-state index < -0.39 is 11.6 Å². The van der Waals surface area contributed by atoms with Crippen LogP contribution in [0.4, 0.5) is 14.5 Å². The van der Waals surface area contributed by atoms with Gasteiger partial charge in [-0.25, -0.2) is 8.78 Å². The maximum absolute atomic E-state index is 13.4. The first kappa shape index (κ1) is 22.5. The topological polar surface area (TPSA) is 69.0 Å². The number of thioether (sulfide) groups is 1. The molecule has 0 saturated heterocycles. The van der Waals surface area contributed by atoms with Crippen molar-refractivity contribution in [2.45, 2.75) is 12.1 Å². The molecule has 0 spiro atoms. The first-order valence-corrected chi connectivity index (χ1v) is 11.0. The Morgan fingerprint density at radius 2 is 1.73 bits per heavy atom. The third-order valence-corrected chi connectivity index (χ3v) is 5.74. The molecule has 3 aromatic carbocycles. The van der Waals surface area contributed by atoms with Crippen molar-refractivity contribution in [3.8, 4) is 22.8 Å². The molecule has 4 aromatic rings. The Bertz CT molecular complexity index is 1270. The van der Waals surface area contributed by atoms with E-state index in [9.17, 15) is 13.6 Å². The van der Waals surface area contributed by atoms with Gasteiger partial charge >= 0.3 is 0 Å². The molecule has 0 aliphatic rings. The molecule has 4 rings (SSSR count). The van der Waals surface area contributed by atoms with Crippen molar-refractivity contribution in [3.05, 3.63) is 83.9 Å². The number of carbonyl (C=O) groups excluding carboxylic acids is 1. The standard InChI is InChI=1S/C24H20F2N4O2S/c1-15-3-5-16(6-4-15)23-28-29-24(30(23)18-8-10-19(32-2)11-9-18)33-14-22(31)27-17-7-12-20(25)21(26)13-17/h3-13H,14H2,1-2H3,(H,27,31). The average Bonchev–Trinajstić information content (AvgIpc) is 3.24. The maximum Gasteiger partial charge on any atom is 0.234 e. The Labute approximate surface area is 193 Å². The van der Waals surface area contributed by atoms with Crippen LogP contribution in [0.2, 0.25) is 0 Å². The van der Waals surface area contributed by atoms with E-state index >= 15 is 0 Å². The lowest BCUT2D eigenvalue weighted by atomic mass is 10.1. The molecular formula is C24H20F2N4O2S. The number of methoxy groups -OCH3 is 1. The molecule has 0 aliphatic heterocycles. The number of anilines is 1. The van der Waals surface area contributed by atoms with Crippen molar-refractivity contribution in [2.75, 3.05) is 18.2 Å². The summed E-state index contributed by atoms with van der Waals surface area (Å²) in [7, 11) is 1.60. The summed E-state index contributed by atoms with van der Waals surface area (Å²) in [5.74, 6) is -1.04. The highest BCUT2D eigenvalue weighted by Gasteiger charge is 2.18. The molecule has 1 amide bonds. The summed E-state index contributed by atoms with van der Waals surface area (Å²) in [6.45, 7) is 2.00. The van der Waals surface area contributed by atoms with Crippen molar-refractivity contribution in [3.63, 3.8) is 0 Å². The number of nitrogens with one attached hydrogen (secondary N) is 1. The first-order valence-electron chi connectivity index (χ1n) is 9.99. The zero-order valence-corrected chi connectivity index (χ0v) is 18.7. The SMILES string of the molecule is COc1ccc(-n2c(SCC(=O)Nc3ccc(F)c(F)c3)nnc2-c2ccc(C)cc2)cc1. The van der Waals surface area contributed by atoms with Gasteiger partial charge in [-0.05, 0) is 43.3 Å². The highest BCUT2D eigenvalue weighted by Crippen LogP contribution is 2.29.